The van der Waals surface area contributed by atoms with Gasteiger partial charge in [0.15, 0.2) is 0 Å². The van der Waals surface area contributed by atoms with Crippen LogP contribution in [-0.4, -0.2) is 7.11 Å². The zero-order chi connectivity index (χ0) is 33.8. The summed E-state index contributed by atoms with van der Waals surface area (Å²) in [5.41, 5.74) is 6.27. The molecule has 0 aliphatic rings. The summed E-state index contributed by atoms with van der Waals surface area (Å²) in [6.07, 6.45) is 0. The third kappa shape index (κ3) is 4.26. The normalized spacial score (nSPS) is 12.1. The van der Waals surface area contributed by atoms with Gasteiger partial charge in [-0.05, 0) is 110 Å². The van der Waals surface area contributed by atoms with E-state index in [1.54, 1.807) is 7.11 Å². The maximum atomic E-state index is 5.56. The average molecular weight is 687 g/mol. The van der Waals surface area contributed by atoms with Gasteiger partial charge in [-0.2, -0.15) is 0 Å². The molecule has 0 N–H and O–H groups in total. The second-order valence-corrected chi connectivity index (χ2v) is 15.8. The van der Waals surface area contributed by atoms with Gasteiger partial charge < -0.3 is 4.74 Å². The molecule has 0 amide bonds. The Kier molecular flexibility index (Phi) is 6.19. The third-order valence-corrected chi connectivity index (χ3v) is 13.2. The van der Waals surface area contributed by atoms with Crippen LogP contribution >= 0.6 is 22.7 Å². The fourth-order valence-corrected chi connectivity index (χ4v) is 10.8. The van der Waals surface area contributed by atoms with Gasteiger partial charge in [0.25, 0.3) is 0 Å². The first-order chi connectivity index (χ1) is 25.1. The van der Waals surface area contributed by atoms with Gasteiger partial charge in [0.05, 0.1) is 7.11 Å². The minimum atomic E-state index is 0.866. The Morgan fingerprint density at radius 2 is 0.863 bits per heavy atom. The van der Waals surface area contributed by atoms with Crippen molar-refractivity contribution in [2.24, 2.45) is 0 Å². The third-order valence-electron chi connectivity index (χ3n) is 10.8. The highest BCUT2D eigenvalue weighted by Gasteiger charge is 2.19. The number of ether oxygens (including phenoxy) is 1. The van der Waals surface area contributed by atoms with Gasteiger partial charge in [-0.3, -0.25) is 0 Å². The van der Waals surface area contributed by atoms with Crippen LogP contribution in [0.4, 0.5) is 0 Å². The molecule has 3 heteroatoms. The Bertz CT molecular complexity index is 3220. The van der Waals surface area contributed by atoms with E-state index >= 15 is 0 Å². The quantitative estimate of drug-likeness (QED) is 0.133. The number of benzene rings is 9. The van der Waals surface area contributed by atoms with Crippen LogP contribution < -0.4 is 4.74 Å². The van der Waals surface area contributed by atoms with Crippen molar-refractivity contribution in [3.63, 3.8) is 0 Å². The summed E-state index contributed by atoms with van der Waals surface area (Å²) in [5.74, 6) is 0.866. The first-order valence-corrected chi connectivity index (χ1v) is 19.0. The Hall–Kier alpha value is -5.74. The van der Waals surface area contributed by atoms with E-state index in [2.05, 4.69) is 153 Å². The first kappa shape index (κ1) is 29.0. The molecule has 0 radical (unpaired) electrons. The summed E-state index contributed by atoms with van der Waals surface area (Å²) in [7, 11) is 1.73. The predicted molar refractivity (Wildman–Crippen MR) is 224 cm³/mol. The largest absolute Gasteiger partial charge is 0.497 e. The fourth-order valence-electron chi connectivity index (χ4n) is 8.31. The topological polar surface area (TPSA) is 9.23 Å². The summed E-state index contributed by atoms with van der Waals surface area (Å²) in [5, 5.41) is 15.6. The van der Waals surface area contributed by atoms with Gasteiger partial charge >= 0.3 is 0 Å². The highest BCUT2D eigenvalue weighted by Crippen LogP contribution is 2.48. The van der Waals surface area contributed by atoms with Crippen LogP contribution in [0.1, 0.15) is 5.56 Å². The lowest BCUT2D eigenvalue weighted by Gasteiger charge is -2.16. The zero-order valence-electron chi connectivity index (χ0n) is 28.1. The van der Waals surface area contributed by atoms with Crippen LogP contribution in [0.5, 0.6) is 5.75 Å². The van der Waals surface area contributed by atoms with Crippen molar-refractivity contribution < 1.29 is 4.74 Å². The van der Waals surface area contributed by atoms with Crippen LogP contribution in [0.15, 0.2) is 146 Å². The van der Waals surface area contributed by atoms with Crippen molar-refractivity contribution in [1.82, 2.24) is 0 Å². The van der Waals surface area contributed by atoms with Crippen molar-refractivity contribution in [2.75, 3.05) is 7.11 Å². The molecule has 0 saturated carbocycles. The lowest BCUT2D eigenvalue weighted by atomic mass is 9.88. The van der Waals surface area contributed by atoms with E-state index in [1.165, 1.54) is 111 Å². The summed E-state index contributed by atoms with van der Waals surface area (Å²) < 4.78 is 10.9. The fraction of sp³-hybridized carbons (Fsp3) is 0.0417. The summed E-state index contributed by atoms with van der Waals surface area (Å²) in [6, 6.07) is 54.5. The van der Waals surface area contributed by atoms with E-state index in [0.29, 0.717) is 0 Å². The van der Waals surface area contributed by atoms with Crippen LogP contribution in [0.25, 0.3) is 106 Å². The number of rotatable bonds is 3. The van der Waals surface area contributed by atoms with Gasteiger partial charge in [0, 0.05) is 51.1 Å². The highest BCUT2D eigenvalue weighted by atomic mass is 32.1. The van der Waals surface area contributed by atoms with E-state index in [9.17, 15) is 0 Å². The summed E-state index contributed by atoms with van der Waals surface area (Å²) >= 11 is 3.82. The first-order valence-electron chi connectivity index (χ1n) is 17.4. The Morgan fingerprint density at radius 1 is 0.412 bits per heavy atom. The molecule has 0 bridgehead atoms. The van der Waals surface area contributed by atoms with Crippen LogP contribution in [0.3, 0.4) is 0 Å². The van der Waals surface area contributed by atoms with Crippen molar-refractivity contribution in [3.05, 3.63) is 151 Å². The van der Waals surface area contributed by atoms with Gasteiger partial charge in [-0.25, -0.2) is 0 Å². The zero-order valence-corrected chi connectivity index (χ0v) is 29.7. The van der Waals surface area contributed by atoms with E-state index in [1.807, 2.05) is 22.7 Å². The van der Waals surface area contributed by atoms with Crippen LogP contribution in [0, 0.1) is 6.92 Å². The summed E-state index contributed by atoms with van der Waals surface area (Å²) in [4.78, 5) is 0. The molecule has 0 unspecified atom stereocenters. The minimum absolute atomic E-state index is 0.866. The van der Waals surface area contributed by atoms with Crippen molar-refractivity contribution in [2.45, 2.75) is 6.92 Å². The molecule has 1 nitrogen and oxygen atoms in total. The molecule has 0 saturated heterocycles. The number of thiophene rings is 2. The molecular weight excluding hydrogens is 657 g/mol. The second kappa shape index (κ2) is 10.9. The van der Waals surface area contributed by atoms with E-state index in [4.69, 9.17) is 4.74 Å². The minimum Gasteiger partial charge on any atom is -0.497 e. The van der Waals surface area contributed by atoms with E-state index < -0.39 is 0 Å². The Balaban J connectivity index is 1.30. The smallest absolute Gasteiger partial charge is 0.118 e. The molecule has 0 spiro atoms. The number of fused-ring (bicyclic) bond motifs is 14. The standard InChI is InChI=1S/C48H30OS2/c1-27-11-13-28(14-12-27)41-25-30-23-40-31(24-39(30)35-19-21-37-33-7-3-5-9-43(33)50-47(37)45(35)41)26-42(29-15-17-32(49-2)18-16-29)46-36(40)20-22-38-34-8-4-6-10-44(34)51-48(38)46/h3-26H,1-2H3. The lowest BCUT2D eigenvalue weighted by Crippen LogP contribution is -1.89. The predicted octanol–water partition coefficient (Wildman–Crippen LogP) is 14.7. The van der Waals surface area contributed by atoms with E-state index in [-0.39, 0.29) is 0 Å². The maximum absolute atomic E-state index is 5.56. The average Bonchev–Trinajstić information content (AvgIpc) is 3.76. The molecule has 240 valence electrons. The molecular formula is C48H30OS2. The number of hydrogen-bond donors (Lipinski definition) is 0. The van der Waals surface area contributed by atoms with Crippen molar-refractivity contribution >= 4 is 106 Å². The van der Waals surface area contributed by atoms with Crippen molar-refractivity contribution in [3.8, 4) is 28.0 Å². The second-order valence-electron chi connectivity index (χ2n) is 13.7. The van der Waals surface area contributed by atoms with Gasteiger partial charge in [0.2, 0.25) is 0 Å². The SMILES string of the molecule is COc1ccc(-c2cc3cc4c(cc(-c5ccc(C)cc5)c5c4ccc4c6ccccc6sc45)cc3c3ccc4c5ccccc5sc4c23)cc1. The number of aryl methyl sites for hydroxylation is 1. The molecule has 9 aromatic carbocycles. The van der Waals surface area contributed by atoms with Gasteiger partial charge in [-0.1, -0.05) is 103 Å². The molecule has 0 fully saturated rings. The van der Waals surface area contributed by atoms with Gasteiger partial charge in [0.1, 0.15) is 5.75 Å². The lowest BCUT2D eigenvalue weighted by molar-refractivity contribution is 0.415. The highest BCUT2D eigenvalue weighted by molar-refractivity contribution is 7.27. The molecule has 11 rings (SSSR count). The molecule has 2 heterocycles. The summed E-state index contributed by atoms with van der Waals surface area (Å²) in [6.45, 7) is 2.16. The van der Waals surface area contributed by atoms with Gasteiger partial charge in [-0.15, -0.1) is 22.7 Å². The van der Waals surface area contributed by atoms with E-state index in [0.717, 1.165) is 5.75 Å². The van der Waals surface area contributed by atoms with Crippen LogP contribution in [0.2, 0.25) is 0 Å². The molecule has 0 atom stereocenters. The molecule has 51 heavy (non-hydrogen) atoms. The van der Waals surface area contributed by atoms with Crippen LogP contribution in [-0.2, 0) is 0 Å². The Labute approximate surface area is 302 Å². The number of methoxy groups -OCH3 is 1. The Morgan fingerprint density at radius 3 is 1.35 bits per heavy atom. The van der Waals surface area contributed by atoms with Crippen molar-refractivity contribution in [1.29, 1.82) is 0 Å². The molecule has 2 aromatic heterocycles. The molecule has 11 aromatic rings. The maximum Gasteiger partial charge on any atom is 0.118 e. The molecule has 0 aliphatic heterocycles. The number of hydrogen-bond acceptors (Lipinski definition) is 3. The molecule has 0 aliphatic carbocycles. The monoisotopic (exact) mass is 686 g/mol.